The summed E-state index contributed by atoms with van der Waals surface area (Å²) in [5, 5.41) is 2.36. The molecule has 1 aliphatic carbocycles. The second kappa shape index (κ2) is 5.40. The maximum Gasteiger partial charge on any atom is 0.166 e. The number of hydrogen-bond acceptors (Lipinski definition) is 1. The molecule has 1 heteroatoms. The summed E-state index contributed by atoms with van der Waals surface area (Å²) in [5.41, 5.74) is 3.40. The quantitative estimate of drug-likeness (QED) is 0.681. The van der Waals surface area contributed by atoms with Crippen molar-refractivity contribution < 1.29 is 4.79 Å². The normalized spacial score (nSPS) is 16.5. The first kappa shape index (κ1) is 13.4. The maximum absolute atomic E-state index is 12.8. The van der Waals surface area contributed by atoms with Crippen molar-refractivity contribution in [2.24, 2.45) is 5.92 Å². The van der Waals surface area contributed by atoms with Crippen molar-refractivity contribution in [2.75, 3.05) is 0 Å². The van der Waals surface area contributed by atoms with E-state index in [2.05, 4.69) is 38.1 Å². The first-order valence-electron chi connectivity index (χ1n) is 7.71. The van der Waals surface area contributed by atoms with E-state index in [0.29, 0.717) is 5.78 Å². The first-order valence-corrected chi connectivity index (χ1v) is 7.71. The Morgan fingerprint density at radius 3 is 2.45 bits per heavy atom. The molecule has 0 amide bonds. The van der Waals surface area contributed by atoms with Crippen molar-refractivity contribution in [3.05, 3.63) is 47.0 Å². The summed E-state index contributed by atoms with van der Waals surface area (Å²) in [6, 6.07) is 10.6. The van der Waals surface area contributed by atoms with Crippen LogP contribution >= 0.6 is 0 Å². The summed E-state index contributed by atoms with van der Waals surface area (Å²) < 4.78 is 0. The molecule has 0 heterocycles. The van der Waals surface area contributed by atoms with E-state index in [1.165, 1.54) is 35.8 Å². The van der Waals surface area contributed by atoms with Gasteiger partial charge in [0, 0.05) is 11.5 Å². The van der Waals surface area contributed by atoms with Crippen LogP contribution in [-0.4, -0.2) is 5.78 Å². The standard InChI is InChI=1S/C19H22O/c1-13-8-10-16-14(2)9-11-17(18(16)12-13)19(20)15-6-4-3-5-7-15/h8-12,15H,3-7H2,1-2H3. The van der Waals surface area contributed by atoms with Crippen LogP contribution in [0.15, 0.2) is 30.3 Å². The van der Waals surface area contributed by atoms with Crippen molar-refractivity contribution >= 4 is 16.6 Å². The van der Waals surface area contributed by atoms with Gasteiger partial charge >= 0.3 is 0 Å². The third-order valence-corrected chi connectivity index (χ3v) is 4.63. The Kier molecular flexibility index (Phi) is 3.60. The molecule has 0 spiro atoms. The van der Waals surface area contributed by atoms with E-state index in [1.807, 2.05) is 6.07 Å². The molecule has 20 heavy (non-hydrogen) atoms. The van der Waals surface area contributed by atoms with Gasteiger partial charge in [-0.1, -0.05) is 55.2 Å². The minimum absolute atomic E-state index is 0.246. The molecule has 1 aliphatic rings. The Hall–Kier alpha value is -1.63. The van der Waals surface area contributed by atoms with E-state index in [9.17, 15) is 4.79 Å². The Morgan fingerprint density at radius 1 is 0.950 bits per heavy atom. The maximum atomic E-state index is 12.8. The zero-order valence-corrected chi connectivity index (χ0v) is 12.4. The highest BCUT2D eigenvalue weighted by molar-refractivity contribution is 6.10. The van der Waals surface area contributed by atoms with Gasteiger partial charge in [0.15, 0.2) is 5.78 Å². The molecule has 0 radical (unpaired) electrons. The largest absolute Gasteiger partial charge is 0.294 e. The average Bonchev–Trinajstić information content (AvgIpc) is 2.48. The van der Waals surface area contributed by atoms with Gasteiger partial charge in [0.25, 0.3) is 0 Å². The zero-order chi connectivity index (χ0) is 14.1. The third kappa shape index (κ3) is 2.37. The molecule has 0 atom stereocenters. The molecule has 1 saturated carbocycles. The second-order valence-corrected chi connectivity index (χ2v) is 6.18. The van der Waals surface area contributed by atoms with Crippen LogP contribution in [0.25, 0.3) is 10.8 Å². The molecule has 3 rings (SSSR count). The first-order chi connectivity index (χ1) is 9.66. The van der Waals surface area contributed by atoms with Crippen LogP contribution in [0.2, 0.25) is 0 Å². The molecule has 2 aromatic carbocycles. The summed E-state index contributed by atoms with van der Waals surface area (Å²) >= 11 is 0. The minimum atomic E-state index is 0.246. The molecule has 0 aliphatic heterocycles. The van der Waals surface area contributed by atoms with Gasteiger partial charge in [0.2, 0.25) is 0 Å². The number of Topliss-reactive ketones (excluding diaryl/α,β-unsaturated/α-hetero) is 1. The Balaban J connectivity index is 2.08. The lowest BCUT2D eigenvalue weighted by Gasteiger charge is -2.21. The van der Waals surface area contributed by atoms with E-state index in [4.69, 9.17) is 0 Å². The van der Waals surface area contributed by atoms with Gasteiger partial charge in [-0.05, 0) is 43.0 Å². The fraction of sp³-hybridized carbons (Fsp3) is 0.421. The second-order valence-electron chi connectivity index (χ2n) is 6.18. The summed E-state index contributed by atoms with van der Waals surface area (Å²) in [6.07, 6.45) is 5.84. The van der Waals surface area contributed by atoms with Crippen LogP contribution in [0.3, 0.4) is 0 Å². The molecule has 0 aromatic heterocycles. The van der Waals surface area contributed by atoms with Gasteiger partial charge in [-0.2, -0.15) is 0 Å². The summed E-state index contributed by atoms with van der Waals surface area (Å²) in [7, 11) is 0. The number of benzene rings is 2. The van der Waals surface area contributed by atoms with Crippen molar-refractivity contribution in [1.29, 1.82) is 0 Å². The van der Waals surface area contributed by atoms with E-state index < -0.39 is 0 Å². The zero-order valence-electron chi connectivity index (χ0n) is 12.4. The molecule has 0 N–H and O–H groups in total. The van der Waals surface area contributed by atoms with E-state index in [-0.39, 0.29) is 5.92 Å². The SMILES string of the molecule is Cc1ccc2c(C)ccc(C(=O)C3CCCCC3)c2c1. The van der Waals surface area contributed by atoms with Crippen LogP contribution in [-0.2, 0) is 0 Å². The summed E-state index contributed by atoms with van der Waals surface area (Å²) in [6.45, 7) is 4.21. The Labute approximate surface area is 121 Å². The number of hydrogen-bond donors (Lipinski definition) is 0. The van der Waals surface area contributed by atoms with Gasteiger partial charge in [-0.3, -0.25) is 4.79 Å². The fourth-order valence-electron chi connectivity index (χ4n) is 3.41. The van der Waals surface area contributed by atoms with Gasteiger partial charge in [-0.25, -0.2) is 0 Å². The fourth-order valence-corrected chi connectivity index (χ4v) is 3.41. The van der Waals surface area contributed by atoms with Crippen LogP contribution in [0.4, 0.5) is 0 Å². The van der Waals surface area contributed by atoms with Crippen molar-refractivity contribution in [2.45, 2.75) is 46.0 Å². The summed E-state index contributed by atoms with van der Waals surface area (Å²) in [4.78, 5) is 12.8. The highest BCUT2D eigenvalue weighted by Gasteiger charge is 2.23. The Bertz CT molecular complexity index is 648. The van der Waals surface area contributed by atoms with Crippen molar-refractivity contribution in [1.82, 2.24) is 0 Å². The van der Waals surface area contributed by atoms with Gasteiger partial charge in [-0.15, -0.1) is 0 Å². The van der Waals surface area contributed by atoms with E-state index in [1.54, 1.807) is 0 Å². The molecule has 1 nitrogen and oxygen atoms in total. The van der Waals surface area contributed by atoms with Crippen LogP contribution in [0, 0.1) is 19.8 Å². The highest BCUT2D eigenvalue weighted by Crippen LogP contribution is 2.31. The predicted molar refractivity (Wildman–Crippen MR) is 84.3 cm³/mol. The van der Waals surface area contributed by atoms with Gasteiger partial charge in [0.1, 0.15) is 0 Å². The molecule has 104 valence electrons. The molecule has 1 fully saturated rings. The third-order valence-electron chi connectivity index (χ3n) is 4.63. The molecule has 2 aromatic rings. The highest BCUT2D eigenvalue weighted by atomic mass is 16.1. The number of ketones is 1. The van der Waals surface area contributed by atoms with E-state index in [0.717, 1.165) is 23.8 Å². The van der Waals surface area contributed by atoms with Crippen LogP contribution in [0.5, 0.6) is 0 Å². The lowest BCUT2D eigenvalue weighted by Crippen LogP contribution is -2.18. The number of aryl methyl sites for hydroxylation is 2. The minimum Gasteiger partial charge on any atom is -0.294 e. The number of carbonyl (C=O) groups excluding carboxylic acids is 1. The molecule has 0 bridgehead atoms. The monoisotopic (exact) mass is 266 g/mol. The van der Waals surface area contributed by atoms with Crippen molar-refractivity contribution in [3.63, 3.8) is 0 Å². The van der Waals surface area contributed by atoms with Crippen LogP contribution < -0.4 is 0 Å². The number of carbonyl (C=O) groups is 1. The van der Waals surface area contributed by atoms with Crippen LogP contribution in [0.1, 0.15) is 53.6 Å². The number of fused-ring (bicyclic) bond motifs is 1. The topological polar surface area (TPSA) is 17.1 Å². The van der Waals surface area contributed by atoms with E-state index >= 15 is 0 Å². The smallest absolute Gasteiger partial charge is 0.166 e. The van der Waals surface area contributed by atoms with Gasteiger partial charge < -0.3 is 0 Å². The summed E-state index contributed by atoms with van der Waals surface area (Å²) in [5.74, 6) is 0.607. The lowest BCUT2D eigenvalue weighted by atomic mass is 9.82. The molecular formula is C19H22O. The lowest BCUT2D eigenvalue weighted by molar-refractivity contribution is 0.0891. The van der Waals surface area contributed by atoms with Crippen molar-refractivity contribution in [3.8, 4) is 0 Å². The molecule has 0 saturated heterocycles. The van der Waals surface area contributed by atoms with Gasteiger partial charge in [0.05, 0.1) is 0 Å². The molecule has 0 unspecified atom stereocenters. The Morgan fingerprint density at radius 2 is 1.70 bits per heavy atom. The average molecular weight is 266 g/mol. The number of rotatable bonds is 2. The predicted octanol–water partition coefficient (Wildman–Crippen LogP) is 5.22. The molecular weight excluding hydrogens is 244 g/mol.